The second-order valence-corrected chi connectivity index (χ2v) is 4.58. The van der Waals surface area contributed by atoms with Crippen LogP contribution in [-0.2, 0) is 11.2 Å². The van der Waals surface area contributed by atoms with Gasteiger partial charge in [0.1, 0.15) is 24.0 Å². The zero-order valence-electron chi connectivity index (χ0n) is 11.3. The molecule has 7 heteroatoms. The Hall–Kier alpha value is -1.89. The maximum atomic E-state index is 11.8. The topological polar surface area (TPSA) is 96.2 Å². The first kappa shape index (κ1) is 13.5. The van der Waals surface area contributed by atoms with Gasteiger partial charge in [-0.25, -0.2) is 15.8 Å². The molecule has 4 N–H and O–H groups in total. The SMILES string of the molecule is CCCc1c(NN)ncnc1N1CCNC(=O)C1C. The van der Waals surface area contributed by atoms with Crippen molar-refractivity contribution in [3.63, 3.8) is 0 Å². The minimum atomic E-state index is -0.232. The number of carbonyl (C=O) groups is 1. The number of nitrogens with zero attached hydrogens (tertiary/aromatic N) is 3. The van der Waals surface area contributed by atoms with E-state index in [0.717, 1.165) is 30.8 Å². The summed E-state index contributed by atoms with van der Waals surface area (Å²) in [5.41, 5.74) is 3.57. The van der Waals surface area contributed by atoms with Gasteiger partial charge in [-0.15, -0.1) is 0 Å². The van der Waals surface area contributed by atoms with Gasteiger partial charge >= 0.3 is 0 Å². The average Bonchev–Trinajstić information content (AvgIpc) is 2.43. The lowest BCUT2D eigenvalue weighted by Crippen LogP contribution is -2.54. The highest BCUT2D eigenvalue weighted by molar-refractivity contribution is 5.86. The van der Waals surface area contributed by atoms with E-state index in [1.54, 1.807) is 0 Å². The molecule has 0 saturated carbocycles. The first-order valence-corrected chi connectivity index (χ1v) is 6.53. The minimum Gasteiger partial charge on any atom is -0.353 e. The highest BCUT2D eigenvalue weighted by Gasteiger charge is 2.28. The quantitative estimate of drug-likeness (QED) is 0.525. The Morgan fingerprint density at radius 2 is 2.37 bits per heavy atom. The van der Waals surface area contributed by atoms with Gasteiger partial charge in [-0.1, -0.05) is 13.3 Å². The van der Waals surface area contributed by atoms with Crippen LogP contribution < -0.4 is 21.5 Å². The lowest BCUT2D eigenvalue weighted by molar-refractivity contribution is -0.122. The summed E-state index contributed by atoms with van der Waals surface area (Å²) in [6.45, 7) is 5.33. The second kappa shape index (κ2) is 5.83. The Morgan fingerprint density at radius 1 is 1.58 bits per heavy atom. The van der Waals surface area contributed by atoms with Gasteiger partial charge in [-0.3, -0.25) is 4.79 Å². The summed E-state index contributed by atoms with van der Waals surface area (Å²) >= 11 is 0. The molecule has 1 unspecified atom stereocenters. The van der Waals surface area contributed by atoms with Gasteiger partial charge in [0, 0.05) is 18.7 Å². The van der Waals surface area contributed by atoms with E-state index in [-0.39, 0.29) is 11.9 Å². The molecule has 2 rings (SSSR count). The summed E-state index contributed by atoms with van der Waals surface area (Å²) in [7, 11) is 0. The van der Waals surface area contributed by atoms with Crippen LogP contribution in [0, 0.1) is 0 Å². The zero-order chi connectivity index (χ0) is 13.8. The van der Waals surface area contributed by atoms with Gasteiger partial charge in [0.05, 0.1) is 0 Å². The normalized spacial score (nSPS) is 19.2. The van der Waals surface area contributed by atoms with Crippen molar-refractivity contribution in [2.45, 2.75) is 32.7 Å². The first-order valence-electron chi connectivity index (χ1n) is 6.53. The standard InChI is InChI=1S/C12H20N6O/c1-3-4-9-10(17-13)15-7-16-11(9)18-6-5-14-12(19)8(18)2/h7-8H,3-6,13H2,1-2H3,(H,14,19)(H,15,16,17). The smallest absolute Gasteiger partial charge is 0.242 e. The van der Waals surface area contributed by atoms with Crippen molar-refractivity contribution >= 4 is 17.5 Å². The largest absolute Gasteiger partial charge is 0.353 e. The second-order valence-electron chi connectivity index (χ2n) is 4.58. The monoisotopic (exact) mass is 264 g/mol. The maximum absolute atomic E-state index is 11.8. The molecule has 1 aromatic rings. The lowest BCUT2D eigenvalue weighted by Gasteiger charge is -2.35. The third kappa shape index (κ3) is 2.60. The van der Waals surface area contributed by atoms with E-state index in [0.29, 0.717) is 12.4 Å². The number of piperazine rings is 1. The van der Waals surface area contributed by atoms with Crippen molar-refractivity contribution in [3.8, 4) is 0 Å². The summed E-state index contributed by atoms with van der Waals surface area (Å²) < 4.78 is 0. The molecule has 1 amide bonds. The predicted octanol–water partition coefficient (Wildman–Crippen LogP) is 0.0394. The molecule has 104 valence electrons. The Morgan fingerprint density at radius 3 is 3.05 bits per heavy atom. The fraction of sp³-hybridized carbons (Fsp3) is 0.583. The molecule has 0 radical (unpaired) electrons. The minimum absolute atomic E-state index is 0.0227. The zero-order valence-corrected chi connectivity index (χ0v) is 11.3. The van der Waals surface area contributed by atoms with Crippen LogP contribution in [0.25, 0.3) is 0 Å². The van der Waals surface area contributed by atoms with E-state index in [1.165, 1.54) is 6.33 Å². The number of hydrazine groups is 1. The summed E-state index contributed by atoms with van der Waals surface area (Å²) in [4.78, 5) is 22.3. The number of aromatic nitrogens is 2. The van der Waals surface area contributed by atoms with Gasteiger partial charge in [0.2, 0.25) is 5.91 Å². The average molecular weight is 264 g/mol. The Kier molecular flexibility index (Phi) is 4.16. The Labute approximate surface area is 112 Å². The van der Waals surface area contributed by atoms with E-state index in [1.807, 2.05) is 11.8 Å². The van der Waals surface area contributed by atoms with E-state index in [2.05, 4.69) is 27.6 Å². The molecule has 0 aliphatic carbocycles. The molecule has 1 saturated heterocycles. The third-order valence-corrected chi connectivity index (χ3v) is 3.33. The highest BCUT2D eigenvalue weighted by atomic mass is 16.2. The van der Waals surface area contributed by atoms with E-state index in [4.69, 9.17) is 5.84 Å². The Balaban J connectivity index is 2.40. The maximum Gasteiger partial charge on any atom is 0.242 e. The first-order chi connectivity index (χ1) is 9.19. The van der Waals surface area contributed by atoms with Gasteiger partial charge in [-0.2, -0.15) is 0 Å². The fourth-order valence-corrected chi connectivity index (χ4v) is 2.33. The molecule has 0 aromatic carbocycles. The van der Waals surface area contributed by atoms with Crippen LogP contribution in [0.15, 0.2) is 6.33 Å². The number of carbonyl (C=O) groups excluding carboxylic acids is 1. The number of rotatable bonds is 4. The summed E-state index contributed by atoms with van der Waals surface area (Å²) in [6, 6.07) is -0.232. The molecule has 2 heterocycles. The van der Waals surface area contributed by atoms with Gasteiger partial charge in [0.25, 0.3) is 0 Å². The van der Waals surface area contributed by atoms with Crippen molar-refractivity contribution in [1.82, 2.24) is 15.3 Å². The highest BCUT2D eigenvalue weighted by Crippen LogP contribution is 2.26. The molecule has 19 heavy (non-hydrogen) atoms. The number of hydrogen-bond donors (Lipinski definition) is 3. The predicted molar refractivity (Wildman–Crippen MR) is 73.7 cm³/mol. The molecular formula is C12H20N6O. The number of nitrogens with one attached hydrogen (secondary N) is 2. The van der Waals surface area contributed by atoms with Crippen molar-refractivity contribution in [3.05, 3.63) is 11.9 Å². The van der Waals surface area contributed by atoms with Crippen LogP contribution in [0.2, 0.25) is 0 Å². The van der Waals surface area contributed by atoms with Crippen LogP contribution in [0.3, 0.4) is 0 Å². The number of nitrogen functional groups attached to an aromatic ring is 1. The van der Waals surface area contributed by atoms with Crippen molar-refractivity contribution in [1.29, 1.82) is 0 Å². The van der Waals surface area contributed by atoms with Crippen molar-refractivity contribution < 1.29 is 4.79 Å². The Bertz CT molecular complexity index is 464. The molecule has 1 aliphatic heterocycles. The molecule has 1 atom stereocenters. The van der Waals surface area contributed by atoms with E-state index >= 15 is 0 Å². The molecule has 1 fully saturated rings. The van der Waals surface area contributed by atoms with Crippen molar-refractivity contribution in [2.75, 3.05) is 23.4 Å². The molecular weight excluding hydrogens is 244 g/mol. The number of hydrogen-bond acceptors (Lipinski definition) is 6. The van der Waals surface area contributed by atoms with E-state index < -0.39 is 0 Å². The molecule has 1 aromatic heterocycles. The van der Waals surface area contributed by atoms with E-state index in [9.17, 15) is 4.79 Å². The van der Waals surface area contributed by atoms with Crippen LogP contribution >= 0.6 is 0 Å². The van der Waals surface area contributed by atoms with Gasteiger partial charge in [-0.05, 0) is 13.3 Å². The summed E-state index contributed by atoms with van der Waals surface area (Å²) in [6.07, 6.45) is 3.26. The molecule has 7 nitrogen and oxygen atoms in total. The van der Waals surface area contributed by atoms with Gasteiger partial charge in [0.15, 0.2) is 0 Å². The number of anilines is 2. The summed E-state index contributed by atoms with van der Waals surface area (Å²) in [5.74, 6) is 6.95. The fourth-order valence-electron chi connectivity index (χ4n) is 2.33. The van der Waals surface area contributed by atoms with Crippen molar-refractivity contribution in [2.24, 2.45) is 5.84 Å². The summed E-state index contributed by atoms with van der Waals surface area (Å²) in [5, 5.41) is 2.85. The molecule has 0 spiro atoms. The van der Waals surface area contributed by atoms with Crippen LogP contribution in [0.5, 0.6) is 0 Å². The molecule has 0 bridgehead atoms. The number of amides is 1. The number of nitrogens with two attached hydrogens (primary N) is 1. The van der Waals surface area contributed by atoms with Crippen LogP contribution in [0.4, 0.5) is 11.6 Å². The molecule has 1 aliphatic rings. The van der Waals surface area contributed by atoms with Gasteiger partial charge < -0.3 is 15.6 Å². The third-order valence-electron chi connectivity index (χ3n) is 3.33. The lowest BCUT2D eigenvalue weighted by atomic mass is 10.1. The van der Waals surface area contributed by atoms with Crippen LogP contribution in [0.1, 0.15) is 25.8 Å². The van der Waals surface area contributed by atoms with Crippen LogP contribution in [-0.4, -0.2) is 35.0 Å².